The van der Waals surface area contributed by atoms with Crippen molar-refractivity contribution in [2.75, 3.05) is 13.7 Å². The maximum absolute atomic E-state index is 11.7. The van der Waals surface area contributed by atoms with Gasteiger partial charge in [-0.1, -0.05) is 76.2 Å². The molecule has 2 aliphatic carbocycles. The van der Waals surface area contributed by atoms with Crippen LogP contribution in [-0.4, -0.2) is 19.5 Å². The van der Waals surface area contributed by atoms with E-state index in [1.165, 1.54) is 108 Å². The van der Waals surface area contributed by atoms with Gasteiger partial charge in [-0.05, 0) is 50.0 Å². The zero-order chi connectivity index (χ0) is 18.5. The smallest absolute Gasteiger partial charge is 0.155 e. The Hall–Kier alpha value is -0.630. The second-order valence-electron chi connectivity index (χ2n) is 8.76. The molecule has 0 N–H and O–H groups in total. The molecule has 1 saturated carbocycles. The molecule has 0 aliphatic heterocycles. The van der Waals surface area contributed by atoms with E-state index in [1.807, 2.05) is 6.08 Å². The molecule has 1 spiro atoms. The molecular weight excluding hydrogens is 320 g/mol. The van der Waals surface area contributed by atoms with E-state index in [1.54, 1.807) is 7.11 Å². The van der Waals surface area contributed by atoms with E-state index in [2.05, 4.69) is 0 Å². The molecule has 2 nitrogen and oxygen atoms in total. The summed E-state index contributed by atoms with van der Waals surface area (Å²) in [4.78, 5) is 11.7. The molecule has 1 fully saturated rings. The van der Waals surface area contributed by atoms with Gasteiger partial charge in [0.15, 0.2) is 5.78 Å². The molecule has 0 aromatic heterocycles. The summed E-state index contributed by atoms with van der Waals surface area (Å²) in [5, 5.41) is 0. The Bertz CT molecular complexity index is 420. The predicted octanol–water partition coefficient (Wildman–Crippen LogP) is 7.16. The van der Waals surface area contributed by atoms with Crippen LogP contribution in [0.2, 0.25) is 0 Å². The number of rotatable bonds is 16. The highest BCUT2D eigenvalue weighted by Gasteiger charge is 2.46. The van der Waals surface area contributed by atoms with Gasteiger partial charge in [-0.3, -0.25) is 4.79 Å². The maximum Gasteiger partial charge on any atom is 0.155 e. The Labute approximate surface area is 162 Å². The highest BCUT2D eigenvalue weighted by atomic mass is 16.5. The zero-order valence-corrected chi connectivity index (χ0v) is 17.3. The molecule has 0 radical (unpaired) electrons. The molecule has 2 rings (SSSR count). The fraction of sp³-hybridized carbons (Fsp3) is 0.875. The third-order valence-electron chi connectivity index (χ3n) is 6.51. The van der Waals surface area contributed by atoms with Crippen LogP contribution < -0.4 is 0 Å². The average Bonchev–Trinajstić information content (AvgIpc) is 3.42. The lowest BCUT2D eigenvalue weighted by molar-refractivity contribution is -0.115. The first-order valence-corrected chi connectivity index (χ1v) is 11.5. The van der Waals surface area contributed by atoms with Crippen molar-refractivity contribution < 1.29 is 9.53 Å². The topological polar surface area (TPSA) is 26.3 Å². The third kappa shape index (κ3) is 8.37. The number of ether oxygens (including phenoxy) is 1. The second-order valence-corrected chi connectivity index (χ2v) is 8.76. The minimum absolute atomic E-state index is 0.382. The zero-order valence-electron chi connectivity index (χ0n) is 17.3. The first-order valence-electron chi connectivity index (χ1n) is 11.5. The van der Waals surface area contributed by atoms with Crippen LogP contribution in [0.1, 0.15) is 116 Å². The lowest BCUT2D eigenvalue weighted by Crippen LogP contribution is -2.15. The van der Waals surface area contributed by atoms with Gasteiger partial charge in [0.1, 0.15) is 0 Å². The lowest BCUT2D eigenvalue weighted by atomic mass is 9.81. The fourth-order valence-corrected chi connectivity index (χ4v) is 4.51. The van der Waals surface area contributed by atoms with Crippen LogP contribution in [-0.2, 0) is 9.53 Å². The molecule has 26 heavy (non-hydrogen) atoms. The molecular formula is C24H42O2. The van der Waals surface area contributed by atoms with Crippen LogP contribution in [0.25, 0.3) is 0 Å². The van der Waals surface area contributed by atoms with E-state index in [0.29, 0.717) is 11.2 Å². The number of ketones is 1. The summed E-state index contributed by atoms with van der Waals surface area (Å²) in [5.74, 6) is 0.382. The van der Waals surface area contributed by atoms with Crippen LogP contribution in [0.5, 0.6) is 0 Å². The van der Waals surface area contributed by atoms with Crippen molar-refractivity contribution in [1.29, 1.82) is 0 Å². The highest BCUT2D eigenvalue weighted by molar-refractivity contribution is 5.91. The Kier molecular flexibility index (Phi) is 10.6. The quantitative estimate of drug-likeness (QED) is 0.272. The van der Waals surface area contributed by atoms with Gasteiger partial charge in [-0.15, -0.1) is 0 Å². The third-order valence-corrected chi connectivity index (χ3v) is 6.51. The van der Waals surface area contributed by atoms with Crippen LogP contribution in [0, 0.1) is 5.41 Å². The van der Waals surface area contributed by atoms with Crippen LogP contribution in [0.15, 0.2) is 11.6 Å². The standard InChI is InChI=1S/C24H42O2/c1-26-20-14-12-10-8-6-4-2-3-5-7-9-11-13-15-22-21-23(25)16-17-24(22)18-19-24/h21H,2-20H2,1H3. The fourth-order valence-electron chi connectivity index (χ4n) is 4.51. The lowest BCUT2D eigenvalue weighted by Gasteiger charge is -2.23. The monoisotopic (exact) mass is 362 g/mol. The van der Waals surface area contributed by atoms with Crippen LogP contribution in [0.3, 0.4) is 0 Å². The molecule has 0 heterocycles. The van der Waals surface area contributed by atoms with Crippen LogP contribution in [0.4, 0.5) is 0 Å². The number of hydrogen-bond acceptors (Lipinski definition) is 2. The SMILES string of the molecule is COCCCCCCCCCCCCCCCC1=CC(=O)CCC12CC2. The first-order chi connectivity index (χ1) is 12.8. The summed E-state index contributed by atoms with van der Waals surface area (Å²) >= 11 is 0. The molecule has 2 heteroatoms. The van der Waals surface area contributed by atoms with E-state index < -0.39 is 0 Å². The molecule has 0 amide bonds. The molecule has 0 unspecified atom stereocenters. The van der Waals surface area contributed by atoms with Crippen molar-refractivity contribution in [1.82, 2.24) is 0 Å². The molecule has 0 aromatic rings. The Morgan fingerprint density at radius 3 is 1.77 bits per heavy atom. The number of unbranched alkanes of at least 4 members (excludes halogenated alkanes) is 12. The van der Waals surface area contributed by atoms with Crippen molar-refractivity contribution in [3.63, 3.8) is 0 Å². The van der Waals surface area contributed by atoms with Crippen molar-refractivity contribution in [2.45, 2.75) is 116 Å². The second kappa shape index (κ2) is 12.7. The number of carbonyl (C=O) groups excluding carboxylic acids is 1. The van der Waals surface area contributed by atoms with Gasteiger partial charge < -0.3 is 4.74 Å². The molecule has 0 atom stereocenters. The van der Waals surface area contributed by atoms with Crippen molar-refractivity contribution >= 4 is 5.78 Å². The summed E-state index contributed by atoms with van der Waals surface area (Å²) in [6.07, 6.45) is 25.7. The van der Waals surface area contributed by atoms with Crippen molar-refractivity contribution in [2.24, 2.45) is 5.41 Å². The minimum Gasteiger partial charge on any atom is -0.385 e. The van der Waals surface area contributed by atoms with E-state index in [0.717, 1.165) is 19.4 Å². The first kappa shape index (κ1) is 21.7. The summed E-state index contributed by atoms with van der Waals surface area (Å²) in [6, 6.07) is 0. The Balaban J connectivity index is 1.33. The molecule has 0 bridgehead atoms. The number of methoxy groups -OCH3 is 1. The number of allylic oxidation sites excluding steroid dienone is 2. The maximum atomic E-state index is 11.7. The van der Waals surface area contributed by atoms with Gasteiger partial charge in [-0.25, -0.2) is 0 Å². The van der Waals surface area contributed by atoms with E-state index in [9.17, 15) is 4.79 Å². The Morgan fingerprint density at radius 2 is 1.27 bits per heavy atom. The summed E-state index contributed by atoms with van der Waals surface area (Å²) in [7, 11) is 1.79. The van der Waals surface area contributed by atoms with Crippen molar-refractivity contribution in [3.8, 4) is 0 Å². The summed E-state index contributed by atoms with van der Waals surface area (Å²) in [6.45, 7) is 0.927. The number of hydrogen-bond donors (Lipinski definition) is 0. The van der Waals surface area contributed by atoms with Gasteiger partial charge in [0, 0.05) is 20.1 Å². The highest BCUT2D eigenvalue weighted by Crippen LogP contribution is 2.58. The van der Waals surface area contributed by atoms with Gasteiger partial charge >= 0.3 is 0 Å². The van der Waals surface area contributed by atoms with Gasteiger partial charge in [-0.2, -0.15) is 0 Å². The van der Waals surface area contributed by atoms with Gasteiger partial charge in [0.2, 0.25) is 0 Å². The minimum atomic E-state index is 0.382. The van der Waals surface area contributed by atoms with Gasteiger partial charge in [0.05, 0.1) is 0 Å². The number of carbonyl (C=O) groups is 1. The molecule has 150 valence electrons. The average molecular weight is 363 g/mol. The summed E-state index contributed by atoms with van der Waals surface area (Å²) < 4.78 is 5.08. The van der Waals surface area contributed by atoms with Crippen LogP contribution >= 0.6 is 0 Å². The van der Waals surface area contributed by atoms with E-state index >= 15 is 0 Å². The predicted molar refractivity (Wildman–Crippen MR) is 111 cm³/mol. The normalized spacial score (nSPS) is 18.3. The largest absolute Gasteiger partial charge is 0.385 e. The summed E-state index contributed by atoms with van der Waals surface area (Å²) in [5.41, 5.74) is 2.01. The van der Waals surface area contributed by atoms with Gasteiger partial charge in [0.25, 0.3) is 0 Å². The van der Waals surface area contributed by atoms with E-state index in [-0.39, 0.29) is 0 Å². The Morgan fingerprint density at radius 1 is 0.769 bits per heavy atom. The molecule has 2 aliphatic rings. The molecule has 0 aromatic carbocycles. The molecule has 0 saturated heterocycles. The van der Waals surface area contributed by atoms with E-state index in [4.69, 9.17) is 4.74 Å². The van der Waals surface area contributed by atoms with Crippen molar-refractivity contribution in [3.05, 3.63) is 11.6 Å².